The second-order valence-corrected chi connectivity index (χ2v) is 36.4. The molecule has 0 radical (unpaired) electrons. The molecule has 34 atom stereocenters. The minimum absolute atomic E-state index is 0. The van der Waals surface area contributed by atoms with Crippen LogP contribution in [-0.4, -0.2) is 119 Å². The van der Waals surface area contributed by atoms with E-state index >= 15 is 0 Å². The van der Waals surface area contributed by atoms with E-state index in [0.717, 1.165) is 109 Å². The smallest absolute Gasteiger partial charge is 0.305 e. The predicted octanol–water partition coefficient (Wildman–Crippen LogP) is 14.9. The number of methoxy groups -OCH3 is 1. The molecule has 12 rings (SSSR count). The van der Waals surface area contributed by atoms with Gasteiger partial charge in [-0.3, -0.25) is 19.2 Å². The van der Waals surface area contributed by atoms with Crippen LogP contribution in [0.5, 0.6) is 0 Å². The maximum Gasteiger partial charge on any atom is 0.305 e. The Morgan fingerprint density at radius 2 is 0.832 bits per heavy atom. The number of hydrogen-bond acceptors (Lipinski definition) is 12. The average molecular weight is 1340 g/mol. The zero-order valence-electron chi connectivity index (χ0n) is 60.0. The van der Waals surface area contributed by atoms with Crippen molar-refractivity contribution in [3.8, 4) is 0 Å². The van der Waals surface area contributed by atoms with Gasteiger partial charge in [-0.2, -0.15) is 0 Å². The summed E-state index contributed by atoms with van der Waals surface area (Å²) in [5.74, 6) is 4.71. The quantitative estimate of drug-likeness (QED) is 0.0691. The molecule has 0 spiro atoms. The third kappa shape index (κ3) is 13.4. The Bertz CT molecular complexity index is 2610. The molecule has 95 heavy (non-hydrogen) atoms. The number of carboxylic acids is 2. The molecule has 548 valence electrons. The summed E-state index contributed by atoms with van der Waals surface area (Å²) in [6.07, 6.45) is 21.6. The fourth-order valence-electron chi connectivity index (χ4n) is 28.8. The lowest BCUT2D eigenvalue weighted by Gasteiger charge is -2.66. The molecule has 9 N–H and O–H groups in total. The number of aliphatic carboxylic acids is 2. The van der Waals surface area contributed by atoms with Crippen LogP contribution in [0.15, 0.2) is 0 Å². The molecule has 12 aliphatic carbocycles. The van der Waals surface area contributed by atoms with Gasteiger partial charge in [0.1, 0.15) is 5.78 Å². The molecule has 12 saturated carbocycles. The second kappa shape index (κ2) is 30.0. The van der Waals surface area contributed by atoms with Crippen LogP contribution in [0.3, 0.4) is 0 Å². The van der Waals surface area contributed by atoms with Crippen molar-refractivity contribution in [2.24, 2.45) is 157 Å². The zero-order valence-corrected chi connectivity index (χ0v) is 60.0. The number of aliphatic hydroxyl groups is 7. The molecule has 0 aromatic carbocycles. The van der Waals surface area contributed by atoms with Gasteiger partial charge in [0, 0.05) is 32.1 Å². The average Bonchev–Trinajstić information content (AvgIpc) is 1.67. The van der Waals surface area contributed by atoms with E-state index in [-0.39, 0.29) is 144 Å². The molecule has 0 heterocycles. The summed E-state index contributed by atoms with van der Waals surface area (Å²) in [5.41, 5.74) is -0.0180. The molecule has 12 fully saturated rings. The Hall–Kier alpha value is -2.20. The van der Waals surface area contributed by atoms with E-state index in [1.165, 1.54) is 32.8 Å². The van der Waals surface area contributed by atoms with Crippen molar-refractivity contribution in [1.82, 2.24) is 0 Å². The van der Waals surface area contributed by atoms with E-state index in [0.29, 0.717) is 103 Å². The van der Waals surface area contributed by atoms with Crippen LogP contribution in [0.4, 0.5) is 0 Å². The number of aliphatic hydroxyl groups excluding tert-OH is 7. The first-order valence-corrected chi connectivity index (χ1v) is 38.6. The normalized spacial score (nSPS) is 50.0. The monoisotopic (exact) mass is 1340 g/mol. The van der Waals surface area contributed by atoms with Crippen molar-refractivity contribution in [2.45, 2.75) is 320 Å². The van der Waals surface area contributed by atoms with Crippen molar-refractivity contribution in [3.05, 3.63) is 0 Å². The van der Waals surface area contributed by atoms with Crippen molar-refractivity contribution in [1.29, 1.82) is 0 Å². The molecule has 9 unspecified atom stereocenters. The van der Waals surface area contributed by atoms with Gasteiger partial charge in [-0.15, -0.1) is 0 Å². The number of carboxylic acid groups (broad SMARTS) is 2. The number of fused-ring (bicyclic) bond motifs is 15. The summed E-state index contributed by atoms with van der Waals surface area (Å²) in [5, 5.41) is 98.8. The standard InChI is InChI=1S/C27H44O5.C26H44O5.C26H44O4.2CH4/c1-6-17-20-13-16(28)11-12-26(20,3)24-21(29)14-27(4)18(15(2)7-10-22(30)32-5)8-9-19(27)23(24)25(17)31;1-5-16-19-12-15(27)10-11-25(19,3)23-20(28)13-26(4)17(14(2)6-9-21(29)30)7-8-18(26)22(23)24(16)31;1-5-16-18-8-6-7-13-25(18,3)23-20(27)14-26(4)17(15(2)9-12-21(28)29)10-11-19(26)22(23)24(16)30;;/h15,17-21,23-25,29,31H,6-14H2,1-5H3;14-20,22-24,27-28,31H,5-13H2,1-4H3,(H,29,30);15-20,22-24,27,30H,5-14H2,1-4H3,(H,28,29);2*1H4/t15-,17-,18-,19?,20+,21+,23?,24?,25-,26+,27-;14-,15-,16-,17-,18?,19+,20+,22?,23?,24-,25+,26-;15-,16-,17-,18+,19?,20+,22?,23?,24-,25+,26-;;/m111../s1. The molecule has 0 aliphatic heterocycles. The summed E-state index contributed by atoms with van der Waals surface area (Å²) in [7, 11) is 1.44. The van der Waals surface area contributed by atoms with E-state index in [2.05, 4.69) is 83.1 Å². The maximum atomic E-state index is 12.4. The highest BCUT2D eigenvalue weighted by Gasteiger charge is 2.71. The first-order chi connectivity index (χ1) is 43.8. The van der Waals surface area contributed by atoms with Gasteiger partial charge in [-0.1, -0.05) is 130 Å². The van der Waals surface area contributed by atoms with E-state index < -0.39 is 36.4 Å². The topological polar surface area (TPSA) is 260 Å². The van der Waals surface area contributed by atoms with Crippen LogP contribution < -0.4 is 0 Å². The molecule has 0 saturated heterocycles. The van der Waals surface area contributed by atoms with Crippen molar-refractivity contribution in [2.75, 3.05) is 7.11 Å². The highest BCUT2D eigenvalue weighted by atomic mass is 16.5. The van der Waals surface area contributed by atoms with E-state index in [9.17, 15) is 54.9 Å². The number of carbonyl (C=O) groups is 4. The number of esters is 1. The fourth-order valence-corrected chi connectivity index (χ4v) is 28.8. The van der Waals surface area contributed by atoms with Gasteiger partial charge in [-0.25, -0.2) is 0 Å². The molecule has 14 heteroatoms. The minimum Gasteiger partial charge on any atom is -0.481 e. The molecule has 12 aliphatic rings. The van der Waals surface area contributed by atoms with Crippen molar-refractivity contribution in [3.63, 3.8) is 0 Å². The number of carbonyl (C=O) groups excluding carboxylic acids is 2. The summed E-state index contributed by atoms with van der Waals surface area (Å²) >= 11 is 0. The van der Waals surface area contributed by atoms with Crippen LogP contribution in [0.1, 0.15) is 278 Å². The molecule has 14 nitrogen and oxygen atoms in total. The molecule has 0 bridgehead atoms. The van der Waals surface area contributed by atoms with Crippen LogP contribution in [0.2, 0.25) is 0 Å². The lowest BCUT2D eigenvalue weighted by Crippen LogP contribution is -2.65. The molecule has 0 amide bonds. The van der Waals surface area contributed by atoms with Gasteiger partial charge in [0.25, 0.3) is 0 Å². The lowest BCUT2D eigenvalue weighted by molar-refractivity contribution is -0.235. The molecular weight excluding hydrogens is 1200 g/mol. The van der Waals surface area contributed by atoms with Crippen LogP contribution in [-0.2, 0) is 23.9 Å². The van der Waals surface area contributed by atoms with E-state index in [1.807, 2.05) is 0 Å². The number of Topliss-reactive ketones (excluding diaryl/α,β-unsaturated/α-hetero) is 1. The van der Waals surface area contributed by atoms with Gasteiger partial charge in [-0.05, 0) is 272 Å². The highest BCUT2D eigenvalue weighted by molar-refractivity contribution is 5.79. The van der Waals surface area contributed by atoms with E-state index in [4.69, 9.17) is 14.9 Å². The number of rotatable bonds is 15. The van der Waals surface area contributed by atoms with Crippen LogP contribution in [0, 0.1) is 157 Å². The van der Waals surface area contributed by atoms with Crippen molar-refractivity contribution >= 4 is 23.7 Å². The summed E-state index contributed by atoms with van der Waals surface area (Å²) in [6.45, 7) is 27.3. The number of hydrogen-bond donors (Lipinski definition) is 9. The fraction of sp³-hybridized carbons (Fsp3) is 0.951. The number of ether oxygens (including phenoxy) is 1. The van der Waals surface area contributed by atoms with Gasteiger partial charge in [0.15, 0.2) is 0 Å². The van der Waals surface area contributed by atoms with Crippen molar-refractivity contribution < 1.29 is 69.9 Å². The zero-order chi connectivity index (χ0) is 68.0. The summed E-state index contributed by atoms with van der Waals surface area (Å²) in [6, 6.07) is 0. The largest absolute Gasteiger partial charge is 0.481 e. The van der Waals surface area contributed by atoms with Crippen LogP contribution in [0.25, 0.3) is 0 Å². The first-order valence-electron chi connectivity index (χ1n) is 38.6. The Morgan fingerprint density at radius 1 is 0.463 bits per heavy atom. The minimum atomic E-state index is -0.734. The molecular formula is C81H140O14. The third-order valence-electron chi connectivity index (χ3n) is 32.7. The highest BCUT2D eigenvalue weighted by Crippen LogP contribution is 2.73. The van der Waals surface area contributed by atoms with E-state index in [1.54, 1.807) is 0 Å². The molecule has 0 aromatic rings. The third-order valence-corrected chi connectivity index (χ3v) is 32.7. The Kier molecular flexibility index (Phi) is 24.8. The van der Waals surface area contributed by atoms with Gasteiger partial charge in [0.2, 0.25) is 0 Å². The Balaban J connectivity index is 0.000000181. The first kappa shape index (κ1) is 78.5. The Morgan fingerprint density at radius 3 is 1.22 bits per heavy atom. The number of ketones is 1. The summed E-state index contributed by atoms with van der Waals surface area (Å²) in [4.78, 5) is 46.4. The van der Waals surface area contributed by atoms with Gasteiger partial charge >= 0.3 is 17.9 Å². The predicted molar refractivity (Wildman–Crippen MR) is 373 cm³/mol. The SMILES string of the molecule is C.C.CC[C@H]1[C@@H](O)C2C3CC[C@H]([C@H](C)CCC(=O)O)[C@@]3(C)C[C@H](O)C2[C@@]2(C)CCCC[C@@H]12.CC[C@H]1[C@@H](O)C2C3CC[C@H]([C@H](C)CCC(=O)O)[C@@]3(C)C[C@H](O)C2[C@@]2(C)CC[C@@H](O)C[C@@H]12.CC[C@H]1[C@@H](O)C2C3CC[C@H]([C@H](C)CCC(=O)OC)[C@@]3(C)C[C@H](O)C2[C@@]2(C)CCC(=O)C[C@@H]12. The van der Waals surface area contributed by atoms with Gasteiger partial charge < -0.3 is 50.7 Å². The summed E-state index contributed by atoms with van der Waals surface area (Å²) < 4.78 is 4.85. The lowest BCUT2D eigenvalue weighted by atomic mass is 9.40. The van der Waals surface area contributed by atoms with Gasteiger partial charge in [0.05, 0.1) is 49.8 Å². The Labute approximate surface area is 575 Å². The second-order valence-electron chi connectivity index (χ2n) is 36.4. The maximum absolute atomic E-state index is 12.4. The van der Waals surface area contributed by atoms with Crippen LogP contribution >= 0.6 is 0 Å². The molecule has 0 aromatic heterocycles.